The van der Waals surface area contributed by atoms with Crippen molar-refractivity contribution in [3.63, 3.8) is 0 Å². The summed E-state index contributed by atoms with van der Waals surface area (Å²) >= 11 is 0. The van der Waals surface area contributed by atoms with E-state index in [0.717, 1.165) is 0 Å². The van der Waals surface area contributed by atoms with Crippen LogP contribution in [0.2, 0.25) is 0 Å². The Morgan fingerprint density at radius 3 is 1.23 bits per heavy atom. The summed E-state index contributed by atoms with van der Waals surface area (Å²) in [4.78, 5) is 30.6. The summed E-state index contributed by atoms with van der Waals surface area (Å²) < 4.78 is 0. The van der Waals surface area contributed by atoms with Gasteiger partial charge >= 0.3 is 38.1 Å². The van der Waals surface area contributed by atoms with Gasteiger partial charge in [-0.1, -0.05) is 66.1 Å². The van der Waals surface area contributed by atoms with Gasteiger partial charge < -0.3 is 35.4 Å². The Kier molecular flexibility index (Phi) is 12.0. The maximum Gasteiger partial charge on any atom is 3.00 e. The van der Waals surface area contributed by atoms with Crippen LogP contribution in [0.3, 0.4) is 0 Å². The first-order valence-corrected chi connectivity index (χ1v) is 8.13. The van der Waals surface area contributed by atoms with Crippen molar-refractivity contribution in [2.24, 2.45) is 0 Å². The molecule has 0 aliphatic rings. The molecule has 0 bridgehead atoms. The second-order valence-electron chi connectivity index (χ2n) is 5.41. The zero-order valence-corrected chi connectivity index (χ0v) is 19.1. The van der Waals surface area contributed by atoms with Gasteiger partial charge in [0.05, 0.1) is 11.5 Å². The zero-order chi connectivity index (χ0) is 22.7. The number of carboxylic acid groups (broad SMARTS) is 3. The van der Waals surface area contributed by atoms with Crippen LogP contribution in [0, 0.1) is 0 Å². The van der Waals surface area contributed by atoms with Gasteiger partial charge in [-0.2, -0.15) is 0 Å². The number of hydrogen-bond acceptors (Lipinski definition) is 7. The van der Waals surface area contributed by atoms with E-state index in [0.29, 0.717) is 0 Å². The van der Waals surface area contributed by atoms with Gasteiger partial charge in [-0.3, -0.25) is 0 Å². The van der Waals surface area contributed by atoms with Crippen molar-refractivity contribution in [1.29, 1.82) is 0 Å². The summed E-state index contributed by atoms with van der Waals surface area (Å²) in [6, 6.07) is 16.7. The first-order valence-electron chi connectivity index (χ1n) is 8.13. The molecule has 0 saturated carbocycles. The summed E-state index contributed by atoms with van der Waals surface area (Å²) in [5.74, 6) is -4.87. The number of aromatic carboxylic acids is 3. The molecule has 0 spiro atoms. The number of carbonyl (C=O) groups is 3. The molecule has 158 valence electrons. The van der Waals surface area contributed by atoms with Crippen molar-refractivity contribution in [2.75, 3.05) is 0 Å². The molecule has 0 fully saturated rings. The van der Waals surface area contributed by atoms with Crippen LogP contribution in [0.25, 0.3) is 0 Å². The Labute approximate surface area is 195 Å². The third kappa shape index (κ3) is 9.14. The molecule has 2 radical (unpaired) electrons. The number of carboxylic acids is 3. The number of benzene rings is 3. The first kappa shape index (κ1) is 27.4. The average Bonchev–Trinajstić information content (AvgIpc) is 2.69. The normalized spacial score (nSPS) is 8.90. The van der Waals surface area contributed by atoms with E-state index >= 15 is 0 Å². The maximum absolute atomic E-state index is 10.7. The van der Waals surface area contributed by atoms with Gasteiger partial charge in [-0.05, 0) is 23.8 Å². The first-order chi connectivity index (χ1) is 14.1. The second-order valence-corrected chi connectivity index (χ2v) is 5.41. The van der Waals surface area contributed by atoms with Crippen LogP contribution in [0.5, 0.6) is 17.2 Å². The predicted molar refractivity (Wildman–Crippen MR) is 104 cm³/mol. The quantitative estimate of drug-likeness (QED) is 0.347. The molecular formula is C21H15BiO9. The van der Waals surface area contributed by atoms with Crippen molar-refractivity contribution < 1.29 is 45.0 Å². The van der Waals surface area contributed by atoms with Crippen molar-refractivity contribution in [3.8, 4) is 17.2 Å². The Balaban J connectivity index is 0.000000429. The number of carbonyl (C=O) groups excluding carboxylic acids is 1. The number of phenols is 1. The number of para-hydroxylation sites is 3. The van der Waals surface area contributed by atoms with Crippen LogP contribution in [0.1, 0.15) is 31.1 Å². The minimum atomic E-state index is -1.43. The molecule has 9 nitrogen and oxygen atoms in total. The van der Waals surface area contributed by atoms with Gasteiger partial charge in [-0.25, -0.2) is 9.59 Å². The SMILES string of the molecule is O=C(O)c1ccccc1O.O=C(O)c1ccccc1[O-].O=C([O-])c1ccccc1[O-].[Bi+3]. The van der Waals surface area contributed by atoms with Crippen molar-refractivity contribution in [3.05, 3.63) is 89.5 Å². The van der Waals surface area contributed by atoms with Gasteiger partial charge in [0.25, 0.3) is 0 Å². The van der Waals surface area contributed by atoms with E-state index in [4.69, 9.17) is 15.3 Å². The largest absolute Gasteiger partial charge is 3.00 e. The molecule has 31 heavy (non-hydrogen) atoms. The minimum absolute atomic E-state index is 0. The van der Waals surface area contributed by atoms with Crippen LogP contribution in [0.4, 0.5) is 0 Å². The van der Waals surface area contributed by atoms with Crippen molar-refractivity contribution >= 4 is 44.1 Å². The zero-order valence-electron chi connectivity index (χ0n) is 15.7. The Hall–Kier alpha value is -3.65. The molecule has 3 aromatic carbocycles. The second kappa shape index (κ2) is 13.6. The molecule has 10 heteroatoms. The fourth-order valence-electron chi connectivity index (χ4n) is 1.93. The smallest absolute Gasteiger partial charge is 0.872 e. The number of aromatic hydroxyl groups is 1. The van der Waals surface area contributed by atoms with Gasteiger partial charge in [-0.15, -0.1) is 0 Å². The molecule has 3 rings (SSSR count). The molecule has 0 atom stereocenters. The number of hydrogen-bond donors (Lipinski definition) is 3. The molecule has 0 aromatic heterocycles. The summed E-state index contributed by atoms with van der Waals surface area (Å²) in [5.41, 5.74) is -0.535. The standard InChI is InChI=1S/3C7H6O3.Bi/c3*8-6-4-2-1-3-5(6)7(9)10;/h3*1-4,8H,(H,9,10);/q;;;+3/p-3. The summed E-state index contributed by atoms with van der Waals surface area (Å²) in [6.07, 6.45) is 0. The van der Waals surface area contributed by atoms with Crippen LogP contribution < -0.4 is 15.3 Å². The van der Waals surface area contributed by atoms with E-state index in [9.17, 15) is 29.7 Å². The van der Waals surface area contributed by atoms with E-state index in [1.54, 1.807) is 12.1 Å². The monoisotopic (exact) mass is 620 g/mol. The van der Waals surface area contributed by atoms with Gasteiger partial charge in [0, 0.05) is 0 Å². The predicted octanol–water partition coefficient (Wildman–Crippen LogP) is 0.292. The van der Waals surface area contributed by atoms with E-state index < -0.39 is 29.4 Å². The molecule has 0 aliphatic heterocycles. The third-order valence-corrected chi connectivity index (χ3v) is 3.36. The molecule has 0 unspecified atom stereocenters. The molecule has 0 aliphatic carbocycles. The Morgan fingerprint density at radius 2 is 0.968 bits per heavy atom. The van der Waals surface area contributed by atoms with Crippen LogP contribution in [-0.4, -0.2) is 59.4 Å². The molecule has 0 heterocycles. The maximum atomic E-state index is 10.7. The molecule has 0 saturated heterocycles. The van der Waals surface area contributed by atoms with E-state index in [1.807, 2.05) is 0 Å². The van der Waals surface area contributed by atoms with Crippen LogP contribution in [-0.2, 0) is 0 Å². The van der Waals surface area contributed by atoms with E-state index in [2.05, 4.69) is 0 Å². The Bertz CT molecular complexity index is 903. The van der Waals surface area contributed by atoms with Crippen LogP contribution in [0.15, 0.2) is 72.8 Å². The fourth-order valence-corrected chi connectivity index (χ4v) is 1.93. The van der Waals surface area contributed by atoms with Crippen molar-refractivity contribution in [2.45, 2.75) is 0 Å². The summed E-state index contributed by atoms with van der Waals surface area (Å²) in [5, 5.41) is 57.1. The summed E-state index contributed by atoms with van der Waals surface area (Å²) in [6.45, 7) is 0. The van der Waals surface area contributed by atoms with Crippen molar-refractivity contribution in [1.82, 2.24) is 0 Å². The average molecular weight is 620 g/mol. The summed E-state index contributed by atoms with van der Waals surface area (Å²) in [7, 11) is 0. The topological polar surface area (TPSA) is 181 Å². The van der Waals surface area contributed by atoms with Gasteiger partial charge in [0.15, 0.2) is 0 Å². The van der Waals surface area contributed by atoms with Gasteiger partial charge in [0.2, 0.25) is 0 Å². The third-order valence-electron chi connectivity index (χ3n) is 3.36. The fraction of sp³-hybridized carbons (Fsp3) is 0. The molecule has 3 aromatic rings. The molecule has 0 amide bonds. The van der Waals surface area contributed by atoms with Gasteiger partial charge in [0.1, 0.15) is 11.3 Å². The van der Waals surface area contributed by atoms with E-state index in [-0.39, 0.29) is 48.6 Å². The van der Waals surface area contributed by atoms with E-state index in [1.165, 1.54) is 60.7 Å². The van der Waals surface area contributed by atoms with Crippen LogP contribution >= 0.6 is 0 Å². The Morgan fingerprint density at radius 1 is 0.613 bits per heavy atom. The number of rotatable bonds is 3. The molecule has 3 N–H and O–H groups in total. The molecular weight excluding hydrogens is 605 g/mol. The minimum Gasteiger partial charge on any atom is -0.872 e.